The predicted octanol–water partition coefficient (Wildman–Crippen LogP) is 2.62. The number of ether oxygens (including phenoxy) is 2. The highest BCUT2D eigenvalue weighted by atomic mass is 16.5. The van der Waals surface area contributed by atoms with E-state index in [4.69, 9.17) is 9.47 Å². The minimum absolute atomic E-state index is 0.0269. The molecule has 1 fully saturated rings. The maximum atomic E-state index is 6.13. The van der Waals surface area contributed by atoms with Gasteiger partial charge in [0.2, 0.25) is 0 Å². The number of hydrogen-bond donors (Lipinski definition) is 1. The van der Waals surface area contributed by atoms with Crippen molar-refractivity contribution < 1.29 is 9.47 Å². The third-order valence-corrected chi connectivity index (χ3v) is 3.83. The molecule has 98 valence electrons. The van der Waals surface area contributed by atoms with Crippen LogP contribution in [0.25, 0.3) is 0 Å². The molecule has 0 saturated heterocycles. The normalized spacial score (nSPS) is 24.5. The Bertz CT molecular complexity index is 269. The van der Waals surface area contributed by atoms with Gasteiger partial charge in [-0.1, -0.05) is 19.8 Å². The van der Waals surface area contributed by atoms with Crippen molar-refractivity contribution >= 4 is 0 Å². The summed E-state index contributed by atoms with van der Waals surface area (Å²) in [5.74, 6) is 1.11. The van der Waals surface area contributed by atoms with Gasteiger partial charge in [-0.2, -0.15) is 0 Å². The standard InChI is InChI=1S/C14H25NO2/c1-3-15-13(12-8-7-11-16-12)14(17-4-2)9-5-6-10-14/h8,13,15H,3-7,9-11H2,1-2H3. The van der Waals surface area contributed by atoms with E-state index in [1.54, 1.807) is 0 Å². The highest BCUT2D eigenvalue weighted by molar-refractivity contribution is 5.16. The van der Waals surface area contributed by atoms with Crippen LogP contribution in [0, 0.1) is 0 Å². The molecule has 0 bridgehead atoms. The fraction of sp³-hybridized carbons (Fsp3) is 0.857. The number of hydrogen-bond acceptors (Lipinski definition) is 3. The van der Waals surface area contributed by atoms with Crippen LogP contribution < -0.4 is 5.32 Å². The van der Waals surface area contributed by atoms with Crippen molar-refractivity contribution in [3.8, 4) is 0 Å². The second-order valence-electron chi connectivity index (χ2n) is 4.94. The van der Waals surface area contributed by atoms with Gasteiger partial charge >= 0.3 is 0 Å². The Labute approximate surface area is 105 Å². The van der Waals surface area contributed by atoms with Crippen molar-refractivity contribution in [2.24, 2.45) is 0 Å². The van der Waals surface area contributed by atoms with Crippen molar-refractivity contribution in [1.29, 1.82) is 0 Å². The molecule has 1 aliphatic heterocycles. The Morgan fingerprint density at radius 3 is 2.71 bits per heavy atom. The summed E-state index contributed by atoms with van der Waals surface area (Å²) in [6, 6.07) is 0.248. The molecule has 0 aromatic carbocycles. The van der Waals surface area contributed by atoms with Crippen LogP contribution in [0.3, 0.4) is 0 Å². The van der Waals surface area contributed by atoms with Crippen LogP contribution in [0.5, 0.6) is 0 Å². The van der Waals surface area contributed by atoms with Gasteiger partial charge in [-0.15, -0.1) is 0 Å². The molecule has 0 aromatic rings. The van der Waals surface area contributed by atoms with E-state index in [1.807, 2.05) is 0 Å². The molecule has 0 radical (unpaired) electrons. The third kappa shape index (κ3) is 2.66. The topological polar surface area (TPSA) is 30.5 Å². The molecule has 1 unspecified atom stereocenters. The van der Waals surface area contributed by atoms with Crippen LogP contribution in [0.15, 0.2) is 11.8 Å². The Morgan fingerprint density at radius 1 is 1.41 bits per heavy atom. The Kier molecular flexibility index (Phi) is 4.46. The summed E-state index contributed by atoms with van der Waals surface area (Å²) < 4.78 is 11.9. The Morgan fingerprint density at radius 2 is 2.18 bits per heavy atom. The molecule has 1 saturated carbocycles. The van der Waals surface area contributed by atoms with Crippen LogP contribution in [-0.2, 0) is 9.47 Å². The minimum Gasteiger partial charge on any atom is -0.496 e. The second-order valence-corrected chi connectivity index (χ2v) is 4.94. The van der Waals surface area contributed by atoms with Crippen molar-refractivity contribution in [3.05, 3.63) is 11.8 Å². The third-order valence-electron chi connectivity index (χ3n) is 3.83. The number of likely N-dealkylation sites (N-methyl/N-ethyl adjacent to an activating group) is 1. The molecule has 17 heavy (non-hydrogen) atoms. The lowest BCUT2D eigenvalue weighted by Crippen LogP contribution is -2.52. The first kappa shape index (κ1) is 12.9. The zero-order valence-corrected chi connectivity index (χ0v) is 11.1. The average molecular weight is 239 g/mol. The maximum absolute atomic E-state index is 6.13. The summed E-state index contributed by atoms with van der Waals surface area (Å²) in [4.78, 5) is 0. The SMILES string of the molecule is CCNC(C1=CCCO1)C1(OCC)CCCC1. The van der Waals surface area contributed by atoms with Crippen LogP contribution in [0.4, 0.5) is 0 Å². The van der Waals surface area contributed by atoms with Gasteiger partial charge in [-0.25, -0.2) is 0 Å². The lowest BCUT2D eigenvalue weighted by molar-refractivity contribution is -0.0623. The van der Waals surface area contributed by atoms with Gasteiger partial charge in [0.05, 0.1) is 18.2 Å². The van der Waals surface area contributed by atoms with Crippen LogP contribution in [-0.4, -0.2) is 31.4 Å². The minimum atomic E-state index is -0.0269. The first-order valence-electron chi connectivity index (χ1n) is 7.02. The zero-order chi connectivity index (χ0) is 12.1. The largest absolute Gasteiger partial charge is 0.496 e. The van der Waals surface area contributed by atoms with Crippen molar-refractivity contribution in [1.82, 2.24) is 5.32 Å². The first-order valence-corrected chi connectivity index (χ1v) is 7.02. The van der Waals surface area contributed by atoms with E-state index >= 15 is 0 Å². The monoisotopic (exact) mass is 239 g/mol. The number of rotatable bonds is 6. The Balaban J connectivity index is 2.16. The van der Waals surface area contributed by atoms with Crippen LogP contribution in [0.1, 0.15) is 46.0 Å². The van der Waals surface area contributed by atoms with E-state index in [2.05, 4.69) is 25.2 Å². The number of nitrogens with one attached hydrogen (secondary N) is 1. The van der Waals surface area contributed by atoms with Crippen molar-refractivity contribution in [2.75, 3.05) is 19.8 Å². The fourth-order valence-corrected chi connectivity index (χ4v) is 3.17. The van der Waals surface area contributed by atoms with Gasteiger partial charge in [0.15, 0.2) is 0 Å². The average Bonchev–Trinajstić information content (AvgIpc) is 2.98. The fourth-order valence-electron chi connectivity index (χ4n) is 3.17. The molecule has 0 amide bonds. The van der Waals surface area contributed by atoms with Gasteiger partial charge in [0, 0.05) is 13.0 Å². The van der Waals surface area contributed by atoms with Gasteiger partial charge in [0.1, 0.15) is 5.76 Å². The first-order chi connectivity index (χ1) is 8.32. The molecule has 1 heterocycles. The van der Waals surface area contributed by atoms with Gasteiger partial charge in [-0.05, 0) is 32.4 Å². The summed E-state index contributed by atoms with van der Waals surface area (Å²) in [6.45, 7) is 6.82. The van der Waals surface area contributed by atoms with E-state index in [0.717, 1.165) is 44.8 Å². The Hall–Kier alpha value is -0.540. The summed E-state index contributed by atoms with van der Waals surface area (Å²) in [6.07, 6.45) is 8.12. The molecule has 1 N–H and O–H groups in total. The molecule has 3 heteroatoms. The van der Waals surface area contributed by atoms with Crippen LogP contribution in [0.2, 0.25) is 0 Å². The molecule has 2 aliphatic rings. The quantitative estimate of drug-likeness (QED) is 0.773. The van der Waals surface area contributed by atoms with Gasteiger partial charge < -0.3 is 14.8 Å². The molecular formula is C14H25NO2. The summed E-state index contributed by atoms with van der Waals surface area (Å²) in [5.41, 5.74) is -0.0269. The van der Waals surface area contributed by atoms with Gasteiger partial charge in [-0.3, -0.25) is 0 Å². The van der Waals surface area contributed by atoms with Gasteiger partial charge in [0.25, 0.3) is 0 Å². The van der Waals surface area contributed by atoms with Crippen molar-refractivity contribution in [3.63, 3.8) is 0 Å². The second kappa shape index (κ2) is 5.87. The predicted molar refractivity (Wildman–Crippen MR) is 68.9 cm³/mol. The van der Waals surface area contributed by atoms with E-state index < -0.39 is 0 Å². The highest BCUT2D eigenvalue weighted by Gasteiger charge is 2.44. The van der Waals surface area contributed by atoms with E-state index in [1.165, 1.54) is 12.8 Å². The van der Waals surface area contributed by atoms with Crippen molar-refractivity contribution in [2.45, 2.75) is 57.6 Å². The zero-order valence-electron chi connectivity index (χ0n) is 11.1. The van der Waals surface area contributed by atoms with E-state index in [-0.39, 0.29) is 11.6 Å². The maximum Gasteiger partial charge on any atom is 0.112 e. The molecule has 0 spiro atoms. The summed E-state index contributed by atoms with van der Waals surface area (Å²) in [5, 5.41) is 3.57. The van der Waals surface area contributed by atoms with Crippen LogP contribution >= 0.6 is 0 Å². The molecule has 0 aromatic heterocycles. The highest BCUT2D eigenvalue weighted by Crippen LogP contribution is 2.39. The summed E-state index contributed by atoms with van der Waals surface area (Å²) >= 11 is 0. The lowest BCUT2D eigenvalue weighted by atomic mass is 9.90. The van der Waals surface area contributed by atoms with E-state index in [0.29, 0.717) is 0 Å². The molecule has 2 rings (SSSR count). The smallest absolute Gasteiger partial charge is 0.112 e. The molecule has 1 aliphatic carbocycles. The van der Waals surface area contributed by atoms with E-state index in [9.17, 15) is 0 Å². The molecule has 1 atom stereocenters. The molecule has 3 nitrogen and oxygen atoms in total. The summed E-state index contributed by atoms with van der Waals surface area (Å²) in [7, 11) is 0. The lowest BCUT2D eigenvalue weighted by Gasteiger charge is -2.38. The molecular weight excluding hydrogens is 214 g/mol.